The van der Waals surface area contributed by atoms with Crippen LogP contribution in [0.3, 0.4) is 0 Å². The van der Waals surface area contributed by atoms with Crippen molar-refractivity contribution in [1.82, 2.24) is 40.4 Å². The van der Waals surface area contributed by atoms with Gasteiger partial charge in [-0.15, -0.1) is 11.8 Å². The zero-order valence-electron chi connectivity index (χ0n) is 41.6. The van der Waals surface area contributed by atoms with Gasteiger partial charge in [-0.3, -0.25) is 53.1 Å². The monoisotopic (exact) mass is 1190 g/mol. The van der Waals surface area contributed by atoms with E-state index >= 15 is 0 Å². The Morgan fingerprint density at radius 2 is 1.54 bits per heavy atom. The van der Waals surface area contributed by atoms with E-state index in [0.717, 1.165) is 6.42 Å². The van der Waals surface area contributed by atoms with Gasteiger partial charge in [-0.2, -0.15) is 11.8 Å². The number of hydrogen-bond acceptors (Lipinski definition) is 17. The minimum Gasteiger partial charge on any atom is -0.617 e. The normalized spacial score (nSPS) is 18.9. The standard InChI is InChI=1S/C47H71N10O12S2.Gd/c1-5-31(2)35(45(66)49-13-14-57-40(60)24-38(46(57)67)71-21-6-7-32(3)48)23-37(58)36(12-22-70-4)52-47(68)51-34-10-8-33(9-11-34)25-50-39(59)26-55-18-17-53(28-42(61)62)15-16-54(29-43(63)64)19-20-56-30-44(65)69-41(56)27-55;/h8-11,31,35-36,38,48H,5-7,12-30H2,1-4H3,(H,49,66)(H,50,59)(H,61,62)(H,63,64)(H2,51,52,68);/q-1;/t31-,35-,36-,38?;/m0./s1. The molecule has 3 aliphatic rings. The number of anilines is 1. The van der Waals surface area contributed by atoms with E-state index in [-0.39, 0.29) is 167 Å². The van der Waals surface area contributed by atoms with Crippen LogP contribution in [0.2, 0.25) is 0 Å². The molecule has 4 rings (SSSR count). The van der Waals surface area contributed by atoms with E-state index in [9.17, 15) is 53.4 Å². The van der Waals surface area contributed by atoms with Crippen molar-refractivity contribution >= 4 is 88.3 Å². The van der Waals surface area contributed by atoms with Crippen molar-refractivity contribution in [1.29, 1.82) is 5.41 Å². The molecule has 3 saturated heterocycles. The average molecular weight is 1190 g/mol. The number of carbonyl (C=O) groups excluding carboxylic acids is 7. The molecule has 402 valence electrons. The summed E-state index contributed by atoms with van der Waals surface area (Å²) in [6.07, 6.45) is 4.50. The number of likely N-dealkylation sites (tertiary alicyclic amines) is 1. The number of urea groups is 1. The molecule has 0 saturated carbocycles. The summed E-state index contributed by atoms with van der Waals surface area (Å²) >= 11 is 2.92. The van der Waals surface area contributed by atoms with Crippen LogP contribution >= 0.6 is 23.5 Å². The molecule has 3 aliphatic heterocycles. The van der Waals surface area contributed by atoms with Gasteiger partial charge in [0.15, 0.2) is 5.78 Å². The number of thioether (sulfide) groups is 2. The maximum atomic E-state index is 13.8. The quantitative estimate of drug-likeness (QED) is 0.0215. The van der Waals surface area contributed by atoms with E-state index in [0.29, 0.717) is 67.0 Å². The van der Waals surface area contributed by atoms with Crippen LogP contribution in [-0.2, 0) is 49.6 Å². The summed E-state index contributed by atoms with van der Waals surface area (Å²) in [5.41, 5.74) is 1.71. The van der Waals surface area contributed by atoms with Gasteiger partial charge in [0.2, 0.25) is 23.6 Å². The fourth-order valence-corrected chi connectivity index (χ4v) is 9.80. The van der Waals surface area contributed by atoms with E-state index < -0.39 is 41.1 Å². The second-order valence-electron chi connectivity index (χ2n) is 18.0. The Kier molecular flexibility index (Phi) is 28.2. The number of hydrogen-bond donors (Lipinski definition) is 7. The second kappa shape index (κ2) is 32.5. The molecule has 0 radical (unpaired) electrons. The Morgan fingerprint density at radius 1 is 0.903 bits per heavy atom. The van der Waals surface area contributed by atoms with Gasteiger partial charge in [-0.05, 0) is 74.1 Å². The molecule has 0 aromatic heterocycles. The predicted molar refractivity (Wildman–Crippen MR) is 269 cm³/mol. The van der Waals surface area contributed by atoms with Crippen LogP contribution < -0.4 is 21.3 Å². The third-order valence-corrected chi connectivity index (χ3v) is 14.4. The van der Waals surface area contributed by atoms with Crippen LogP contribution in [0.15, 0.2) is 24.3 Å². The van der Waals surface area contributed by atoms with Gasteiger partial charge in [0.25, 0.3) is 5.97 Å². The number of carboxylic acid groups (broad SMARTS) is 2. The van der Waals surface area contributed by atoms with Gasteiger partial charge in [-0.25, -0.2) is 4.79 Å². The maximum absolute atomic E-state index is 13.8. The number of aliphatic carboxylic acids is 2. The SMILES string of the molecule is CC[C@H](C)[C@H](CC(=O)[C@H](CCSC)NC(=O)Nc1ccc(CNC(=O)CN2CCN(CC(=O)O)CCN(CC(=O)O)CCN3CC(=O)O[C-]3C2)cc1)C(=O)NCCN1C(=O)CC(SCCCC(C)=N)C1=O.[Gd]. The van der Waals surface area contributed by atoms with Crippen molar-refractivity contribution in [3.05, 3.63) is 36.1 Å². The van der Waals surface area contributed by atoms with Gasteiger partial charge in [0.1, 0.15) is 0 Å². The van der Waals surface area contributed by atoms with Gasteiger partial charge in [-0.1, -0.05) is 45.2 Å². The van der Waals surface area contributed by atoms with E-state index in [1.807, 2.05) is 20.1 Å². The molecule has 6 amide bonds. The number of nitrogens with zero attached hydrogens (tertiary/aromatic N) is 5. The first-order valence-electron chi connectivity index (χ1n) is 24.0. The molecule has 0 spiro atoms. The van der Waals surface area contributed by atoms with Crippen LogP contribution in [0.25, 0.3) is 0 Å². The molecule has 4 atom stereocenters. The van der Waals surface area contributed by atoms with Gasteiger partial charge >= 0.3 is 18.0 Å². The third kappa shape index (κ3) is 22.0. The van der Waals surface area contributed by atoms with Crippen molar-refractivity contribution in [2.45, 2.75) is 77.1 Å². The molecular weight excluding hydrogens is 1120 g/mol. The van der Waals surface area contributed by atoms with E-state index in [2.05, 4.69) is 21.3 Å². The summed E-state index contributed by atoms with van der Waals surface area (Å²) in [5.74, 6) is -3.82. The van der Waals surface area contributed by atoms with E-state index in [4.69, 9.17) is 10.1 Å². The molecule has 3 fully saturated rings. The fraction of sp³-hybridized carbons (Fsp3) is 0.638. The Balaban J connectivity index is 0.0000137. The largest absolute Gasteiger partial charge is 0.617 e. The Morgan fingerprint density at radius 3 is 2.15 bits per heavy atom. The molecule has 0 aliphatic carbocycles. The summed E-state index contributed by atoms with van der Waals surface area (Å²) in [6, 6.07) is 5.23. The van der Waals surface area contributed by atoms with Crippen molar-refractivity contribution < 1.29 is 98.0 Å². The Hall–Kier alpha value is -3.82. The van der Waals surface area contributed by atoms with Crippen LogP contribution in [0, 0.1) is 63.4 Å². The number of ether oxygens (including phenoxy) is 1. The third-order valence-electron chi connectivity index (χ3n) is 12.4. The van der Waals surface area contributed by atoms with Crippen molar-refractivity contribution in [2.75, 3.05) is 108 Å². The number of esters is 1. The van der Waals surface area contributed by atoms with Crippen molar-refractivity contribution in [3.63, 3.8) is 0 Å². The molecule has 72 heavy (non-hydrogen) atoms. The number of imide groups is 1. The maximum Gasteiger partial charge on any atom is 0.319 e. The molecular formula is C47H71GdN10O12S2-. The molecule has 0 bridgehead atoms. The summed E-state index contributed by atoms with van der Waals surface area (Å²) in [7, 11) is 0. The molecule has 1 unspecified atom stereocenters. The molecule has 1 aromatic carbocycles. The molecule has 25 heteroatoms. The summed E-state index contributed by atoms with van der Waals surface area (Å²) in [6.45, 7) is 6.80. The van der Waals surface area contributed by atoms with Crippen molar-refractivity contribution in [3.8, 4) is 0 Å². The first-order valence-corrected chi connectivity index (χ1v) is 26.4. The molecule has 7 N–H and O–H groups in total. The molecule has 22 nitrogen and oxygen atoms in total. The first kappa shape index (κ1) is 62.5. The smallest absolute Gasteiger partial charge is 0.319 e. The number of ketones is 1. The molecule has 3 heterocycles. The topological polar surface area (TPSA) is 291 Å². The second-order valence-corrected chi connectivity index (χ2v) is 20.3. The van der Waals surface area contributed by atoms with Gasteiger partial charge in [0, 0.05) is 122 Å². The summed E-state index contributed by atoms with van der Waals surface area (Å²) in [4.78, 5) is 123. The Labute approximate surface area is 462 Å². The summed E-state index contributed by atoms with van der Waals surface area (Å²) in [5, 5.41) is 37.3. The van der Waals surface area contributed by atoms with Gasteiger partial charge in [0.05, 0.1) is 37.5 Å². The van der Waals surface area contributed by atoms with Gasteiger partial charge < -0.3 is 51.4 Å². The fourth-order valence-electron chi connectivity index (χ4n) is 8.20. The van der Waals surface area contributed by atoms with E-state index in [1.54, 1.807) is 50.8 Å². The van der Waals surface area contributed by atoms with E-state index in [1.165, 1.54) is 28.4 Å². The average Bonchev–Trinajstić information content (AvgIpc) is 3.80. The van der Waals surface area contributed by atoms with Crippen LogP contribution in [0.5, 0.6) is 0 Å². The number of amides is 6. The van der Waals surface area contributed by atoms with Crippen LogP contribution in [0.4, 0.5) is 10.5 Å². The summed E-state index contributed by atoms with van der Waals surface area (Å²) < 4.78 is 5.49. The number of rotatable bonds is 27. The van der Waals surface area contributed by atoms with Crippen molar-refractivity contribution in [2.24, 2.45) is 11.8 Å². The zero-order chi connectivity index (χ0) is 52.0. The minimum atomic E-state index is -1.05. The zero-order valence-corrected chi connectivity index (χ0v) is 45.5. The number of benzene rings is 1. The molecule has 1 aromatic rings. The number of carbonyl (C=O) groups is 9. The minimum absolute atomic E-state index is 0. The number of Topliss-reactive ketones (excluding diaryl/α,β-unsaturated/α-hetero) is 1. The Bertz CT molecular complexity index is 2040. The predicted octanol–water partition coefficient (Wildman–Crippen LogP) is 1.40. The number of fused-ring (bicyclic) bond motifs is 1. The van der Waals surface area contributed by atoms with Crippen LogP contribution in [-0.4, -0.2) is 208 Å². The number of carboxylic acids is 2. The number of nitrogens with one attached hydrogen (secondary N) is 5. The van der Waals surface area contributed by atoms with Crippen LogP contribution in [0.1, 0.15) is 64.9 Å². The first-order chi connectivity index (χ1) is 33.8.